The van der Waals surface area contributed by atoms with Crippen LogP contribution in [0.3, 0.4) is 0 Å². The highest BCUT2D eigenvalue weighted by Gasteiger charge is 2.24. The first-order valence-electron chi connectivity index (χ1n) is 8.48. The Kier molecular flexibility index (Phi) is 5.36. The summed E-state index contributed by atoms with van der Waals surface area (Å²) in [4.78, 5) is 13.6. The zero-order valence-electron chi connectivity index (χ0n) is 14.5. The molecule has 6 heteroatoms. The molecule has 28 heavy (non-hydrogen) atoms. The standard InChI is InChI=1S/C22H14Cl2O3S/c23-15-11-9-14(10-12-15)21(25)22-17(16-5-1-3-7-19(16)27-22)13-28(26)20-8-4-2-6-18(20)24/h1-12H,13H2. The summed E-state index contributed by atoms with van der Waals surface area (Å²) in [5, 5.41) is 1.74. The number of ketones is 1. The molecule has 1 atom stereocenters. The normalized spacial score (nSPS) is 12.2. The molecule has 3 aromatic carbocycles. The molecule has 0 saturated heterocycles. The monoisotopic (exact) mass is 428 g/mol. The van der Waals surface area contributed by atoms with Crippen LogP contribution in [0.25, 0.3) is 11.0 Å². The Balaban J connectivity index is 1.79. The van der Waals surface area contributed by atoms with Gasteiger partial charge in [0, 0.05) is 21.5 Å². The van der Waals surface area contributed by atoms with E-state index in [1.165, 1.54) is 0 Å². The molecular weight excluding hydrogens is 415 g/mol. The first kappa shape index (κ1) is 18.9. The maximum absolute atomic E-state index is 13.1. The second-order valence-electron chi connectivity index (χ2n) is 6.16. The Morgan fingerprint density at radius 3 is 2.32 bits per heavy atom. The number of benzene rings is 3. The van der Waals surface area contributed by atoms with Crippen LogP contribution in [0.2, 0.25) is 10.0 Å². The first-order valence-corrected chi connectivity index (χ1v) is 10.6. The van der Waals surface area contributed by atoms with Crippen LogP contribution in [0.15, 0.2) is 82.1 Å². The molecular formula is C22H14Cl2O3S. The molecule has 0 aliphatic carbocycles. The molecule has 0 N–H and O–H groups in total. The van der Waals surface area contributed by atoms with Crippen molar-refractivity contribution in [1.82, 2.24) is 0 Å². The van der Waals surface area contributed by atoms with Crippen molar-refractivity contribution < 1.29 is 13.4 Å². The number of para-hydroxylation sites is 1. The summed E-state index contributed by atoms with van der Waals surface area (Å²) in [5.74, 6) is 0.0260. The van der Waals surface area contributed by atoms with Crippen molar-refractivity contribution in [3.05, 3.63) is 99.7 Å². The third-order valence-electron chi connectivity index (χ3n) is 4.37. The maximum atomic E-state index is 13.1. The molecule has 0 spiro atoms. The third kappa shape index (κ3) is 3.63. The number of halogens is 2. The molecule has 0 saturated carbocycles. The second-order valence-corrected chi connectivity index (χ2v) is 8.43. The fourth-order valence-corrected chi connectivity index (χ4v) is 4.74. The van der Waals surface area contributed by atoms with Crippen molar-refractivity contribution >= 4 is 50.8 Å². The molecule has 140 valence electrons. The summed E-state index contributed by atoms with van der Waals surface area (Å²) in [6, 6.07) is 20.9. The van der Waals surface area contributed by atoms with Crippen LogP contribution < -0.4 is 0 Å². The zero-order chi connectivity index (χ0) is 19.7. The fraction of sp³-hybridized carbons (Fsp3) is 0.0455. The first-order chi connectivity index (χ1) is 13.5. The van der Waals surface area contributed by atoms with Crippen LogP contribution in [-0.4, -0.2) is 9.99 Å². The molecule has 4 rings (SSSR count). The van der Waals surface area contributed by atoms with Gasteiger partial charge in [0.2, 0.25) is 5.78 Å². The van der Waals surface area contributed by atoms with E-state index in [1.807, 2.05) is 18.2 Å². The van der Waals surface area contributed by atoms with E-state index in [1.54, 1.807) is 54.6 Å². The van der Waals surface area contributed by atoms with E-state index in [9.17, 15) is 9.00 Å². The van der Waals surface area contributed by atoms with Crippen LogP contribution in [0.4, 0.5) is 0 Å². The average molecular weight is 429 g/mol. The van der Waals surface area contributed by atoms with Gasteiger partial charge in [-0.1, -0.05) is 53.5 Å². The van der Waals surface area contributed by atoms with Crippen molar-refractivity contribution in [3.63, 3.8) is 0 Å². The predicted molar refractivity (Wildman–Crippen MR) is 113 cm³/mol. The van der Waals surface area contributed by atoms with Gasteiger partial charge in [0.1, 0.15) is 5.58 Å². The molecule has 0 bridgehead atoms. The minimum Gasteiger partial charge on any atom is -0.452 e. The van der Waals surface area contributed by atoms with Crippen molar-refractivity contribution in [2.24, 2.45) is 0 Å². The van der Waals surface area contributed by atoms with E-state index in [4.69, 9.17) is 27.6 Å². The number of hydrogen-bond acceptors (Lipinski definition) is 3. The van der Waals surface area contributed by atoms with Gasteiger partial charge in [-0.15, -0.1) is 0 Å². The molecule has 0 aliphatic heterocycles. The molecule has 0 radical (unpaired) electrons. The van der Waals surface area contributed by atoms with Crippen LogP contribution in [0.1, 0.15) is 21.7 Å². The van der Waals surface area contributed by atoms with Crippen molar-refractivity contribution in [3.8, 4) is 0 Å². The quantitative estimate of drug-likeness (QED) is 0.351. The van der Waals surface area contributed by atoms with Gasteiger partial charge in [-0.3, -0.25) is 9.00 Å². The summed E-state index contributed by atoms with van der Waals surface area (Å²) < 4.78 is 18.9. The van der Waals surface area contributed by atoms with E-state index < -0.39 is 10.8 Å². The van der Waals surface area contributed by atoms with Gasteiger partial charge >= 0.3 is 0 Å². The van der Waals surface area contributed by atoms with E-state index in [0.29, 0.717) is 31.7 Å². The van der Waals surface area contributed by atoms with Gasteiger partial charge in [0.25, 0.3) is 0 Å². The fourth-order valence-electron chi connectivity index (χ4n) is 3.00. The summed E-state index contributed by atoms with van der Waals surface area (Å²) in [5.41, 5.74) is 1.63. The van der Waals surface area contributed by atoms with E-state index >= 15 is 0 Å². The van der Waals surface area contributed by atoms with Crippen molar-refractivity contribution in [2.45, 2.75) is 10.6 Å². The molecule has 0 amide bonds. The van der Waals surface area contributed by atoms with Crippen molar-refractivity contribution in [2.75, 3.05) is 0 Å². The lowest BCUT2D eigenvalue weighted by Crippen LogP contribution is -2.06. The van der Waals surface area contributed by atoms with Gasteiger partial charge < -0.3 is 4.42 Å². The van der Waals surface area contributed by atoms with E-state index in [2.05, 4.69) is 0 Å². The highest BCUT2D eigenvalue weighted by atomic mass is 35.5. The minimum absolute atomic E-state index is 0.120. The lowest BCUT2D eigenvalue weighted by Gasteiger charge is -2.06. The number of fused-ring (bicyclic) bond motifs is 1. The Morgan fingerprint density at radius 1 is 0.893 bits per heavy atom. The van der Waals surface area contributed by atoms with Gasteiger partial charge in [-0.2, -0.15) is 0 Å². The predicted octanol–water partition coefficient (Wildman–Crippen LogP) is 6.28. The highest BCUT2D eigenvalue weighted by molar-refractivity contribution is 7.84. The number of hydrogen-bond donors (Lipinski definition) is 0. The van der Waals surface area contributed by atoms with Gasteiger partial charge in [0.15, 0.2) is 5.76 Å². The third-order valence-corrected chi connectivity index (χ3v) is 6.46. The smallest absolute Gasteiger partial charge is 0.228 e. The van der Waals surface area contributed by atoms with Crippen LogP contribution in [-0.2, 0) is 16.6 Å². The lowest BCUT2D eigenvalue weighted by atomic mass is 10.0. The molecule has 1 heterocycles. The van der Waals surface area contributed by atoms with E-state index in [0.717, 1.165) is 5.39 Å². The molecule has 0 aliphatic rings. The van der Waals surface area contributed by atoms with Crippen LogP contribution in [0, 0.1) is 0 Å². The Bertz CT molecular complexity index is 1200. The Morgan fingerprint density at radius 2 is 1.57 bits per heavy atom. The average Bonchev–Trinajstić information content (AvgIpc) is 3.07. The van der Waals surface area contributed by atoms with Gasteiger partial charge in [-0.25, -0.2) is 0 Å². The number of furan rings is 1. The summed E-state index contributed by atoms with van der Waals surface area (Å²) in [6.07, 6.45) is 0. The Hall–Kier alpha value is -2.40. The van der Waals surface area contributed by atoms with Gasteiger partial charge in [-0.05, 0) is 42.5 Å². The second kappa shape index (κ2) is 7.92. The Labute approximate surface area is 174 Å². The maximum Gasteiger partial charge on any atom is 0.228 e. The lowest BCUT2D eigenvalue weighted by molar-refractivity contribution is 0.101. The van der Waals surface area contributed by atoms with Crippen LogP contribution in [0.5, 0.6) is 0 Å². The SMILES string of the molecule is O=C(c1ccc(Cl)cc1)c1oc2ccccc2c1CS(=O)c1ccccc1Cl. The molecule has 1 unspecified atom stereocenters. The van der Waals surface area contributed by atoms with E-state index in [-0.39, 0.29) is 17.3 Å². The topological polar surface area (TPSA) is 47.3 Å². The number of carbonyl (C=O) groups excluding carboxylic acids is 1. The minimum atomic E-state index is -1.43. The number of rotatable bonds is 5. The largest absolute Gasteiger partial charge is 0.452 e. The van der Waals surface area contributed by atoms with Crippen LogP contribution >= 0.6 is 23.2 Å². The number of carbonyl (C=O) groups is 1. The highest BCUT2D eigenvalue weighted by Crippen LogP contribution is 2.31. The molecule has 0 fully saturated rings. The molecule has 4 aromatic rings. The summed E-state index contributed by atoms with van der Waals surface area (Å²) in [6.45, 7) is 0. The summed E-state index contributed by atoms with van der Waals surface area (Å²) >= 11 is 12.1. The zero-order valence-corrected chi connectivity index (χ0v) is 16.9. The molecule has 3 nitrogen and oxygen atoms in total. The molecule has 1 aromatic heterocycles. The summed E-state index contributed by atoms with van der Waals surface area (Å²) in [7, 11) is -1.43. The van der Waals surface area contributed by atoms with Crippen molar-refractivity contribution in [1.29, 1.82) is 0 Å². The van der Waals surface area contributed by atoms with Gasteiger partial charge in [0.05, 0.1) is 26.5 Å².